The van der Waals surface area contributed by atoms with Crippen molar-refractivity contribution in [3.8, 4) is 0 Å². The molecule has 7 nitrogen and oxygen atoms in total. The number of rotatable bonds is 7. The minimum absolute atomic E-state index is 0.0880. The molecule has 0 atom stereocenters. The molecule has 1 saturated heterocycles. The second-order valence-corrected chi connectivity index (χ2v) is 10.2. The Balaban J connectivity index is 1.48. The van der Waals surface area contributed by atoms with Crippen LogP contribution in [-0.4, -0.2) is 49.4 Å². The Hall–Kier alpha value is -2.43. The van der Waals surface area contributed by atoms with Crippen molar-refractivity contribution in [2.75, 3.05) is 24.2 Å². The van der Waals surface area contributed by atoms with Crippen molar-refractivity contribution in [2.24, 2.45) is 0 Å². The third-order valence-corrected chi connectivity index (χ3v) is 7.74. The molecule has 0 aliphatic carbocycles. The Morgan fingerprint density at radius 2 is 1.68 bits per heavy atom. The van der Waals surface area contributed by atoms with Gasteiger partial charge in [0.15, 0.2) is 0 Å². The summed E-state index contributed by atoms with van der Waals surface area (Å²) < 4.78 is 40.1. The third-order valence-electron chi connectivity index (χ3n) is 4.82. The predicted molar refractivity (Wildman–Crippen MR) is 118 cm³/mol. The Bertz CT molecular complexity index is 1020. The number of sulfonamides is 1. The lowest BCUT2D eigenvalue weighted by molar-refractivity contribution is -0.119. The van der Waals surface area contributed by atoms with Crippen LogP contribution in [0.2, 0.25) is 0 Å². The molecule has 2 aromatic carbocycles. The minimum Gasteiger partial charge on any atom is -0.353 e. The van der Waals surface area contributed by atoms with Gasteiger partial charge in [0.2, 0.25) is 21.8 Å². The van der Waals surface area contributed by atoms with Gasteiger partial charge in [0, 0.05) is 36.6 Å². The minimum atomic E-state index is -3.64. The number of piperidine rings is 1. The van der Waals surface area contributed by atoms with Gasteiger partial charge < -0.3 is 10.6 Å². The van der Waals surface area contributed by atoms with Crippen molar-refractivity contribution < 1.29 is 22.4 Å². The maximum absolute atomic E-state index is 12.9. The van der Waals surface area contributed by atoms with E-state index in [9.17, 15) is 22.4 Å². The number of thioether (sulfide) groups is 1. The average Bonchev–Trinajstić information content (AvgIpc) is 2.74. The summed E-state index contributed by atoms with van der Waals surface area (Å²) in [5, 5.41) is 5.55. The van der Waals surface area contributed by atoms with Gasteiger partial charge in [0.1, 0.15) is 5.82 Å². The molecule has 2 amide bonds. The number of carbonyl (C=O) groups excluding carboxylic acids is 2. The Morgan fingerprint density at radius 3 is 2.26 bits per heavy atom. The SMILES string of the molecule is CC(=O)Nc1ccc(S(=O)(=O)N2CCC(NC(=O)CSc3ccc(F)cc3)CC2)cc1. The van der Waals surface area contributed by atoms with Crippen molar-refractivity contribution in [1.29, 1.82) is 0 Å². The zero-order chi connectivity index (χ0) is 22.4. The molecular formula is C21H24FN3O4S2. The van der Waals surface area contributed by atoms with E-state index in [1.54, 1.807) is 24.3 Å². The van der Waals surface area contributed by atoms with Gasteiger partial charge in [-0.05, 0) is 61.4 Å². The van der Waals surface area contributed by atoms with E-state index in [0.717, 1.165) is 4.90 Å². The van der Waals surface area contributed by atoms with E-state index >= 15 is 0 Å². The summed E-state index contributed by atoms with van der Waals surface area (Å²) in [4.78, 5) is 24.3. The molecule has 166 valence electrons. The van der Waals surface area contributed by atoms with Gasteiger partial charge in [-0.2, -0.15) is 4.31 Å². The summed E-state index contributed by atoms with van der Waals surface area (Å²) in [6, 6.07) is 11.9. The Kier molecular flexibility index (Phi) is 7.69. The first-order valence-electron chi connectivity index (χ1n) is 9.79. The maximum Gasteiger partial charge on any atom is 0.243 e. The van der Waals surface area contributed by atoms with Crippen LogP contribution < -0.4 is 10.6 Å². The summed E-state index contributed by atoms with van der Waals surface area (Å²) in [6.45, 7) is 2.01. The highest BCUT2D eigenvalue weighted by atomic mass is 32.2. The fourth-order valence-corrected chi connectivity index (χ4v) is 5.43. The second-order valence-electron chi connectivity index (χ2n) is 7.19. The zero-order valence-corrected chi connectivity index (χ0v) is 18.6. The molecule has 0 aromatic heterocycles. The molecule has 1 aliphatic heterocycles. The van der Waals surface area contributed by atoms with Crippen molar-refractivity contribution in [1.82, 2.24) is 9.62 Å². The van der Waals surface area contributed by atoms with E-state index in [2.05, 4.69) is 10.6 Å². The Morgan fingerprint density at radius 1 is 1.06 bits per heavy atom. The number of anilines is 1. The van der Waals surface area contributed by atoms with Crippen LogP contribution in [0.3, 0.4) is 0 Å². The van der Waals surface area contributed by atoms with Gasteiger partial charge in [0.25, 0.3) is 0 Å². The van der Waals surface area contributed by atoms with Gasteiger partial charge in [-0.25, -0.2) is 12.8 Å². The normalized spacial score (nSPS) is 15.4. The van der Waals surface area contributed by atoms with Gasteiger partial charge in [0.05, 0.1) is 10.6 Å². The number of hydrogen-bond acceptors (Lipinski definition) is 5. The standard InChI is InChI=1S/C21H24FN3O4S2/c1-15(26)23-17-4-8-20(9-5-17)31(28,29)25-12-10-18(11-13-25)24-21(27)14-30-19-6-2-16(22)3-7-19/h2-9,18H,10-14H2,1H3,(H,23,26)(H,24,27). The summed E-state index contributed by atoms with van der Waals surface area (Å²) >= 11 is 1.32. The van der Waals surface area contributed by atoms with E-state index in [-0.39, 0.29) is 34.3 Å². The molecule has 2 N–H and O–H groups in total. The molecule has 31 heavy (non-hydrogen) atoms. The van der Waals surface area contributed by atoms with Crippen LogP contribution in [0.5, 0.6) is 0 Å². The molecule has 1 aliphatic rings. The Labute approximate surface area is 185 Å². The lowest BCUT2D eigenvalue weighted by Crippen LogP contribution is -2.46. The van der Waals surface area contributed by atoms with Gasteiger partial charge in [-0.15, -0.1) is 11.8 Å². The van der Waals surface area contributed by atoms with E-state index in [0.29, 0.717) is 31.6 Å². The van der Waals surface area contributed by atoms with Crippen LogP contribution in [0.25, 0.3) is 0 Å². The van der Waals surface area contributed by atoms with E-state index in [1.807, 2.05) is 0 Å². The smallest absolute Gasteiger partial charge is 0.243 e. The van der Waals surface area contributed by atoms with Gasteiger partial charge in [-0.3, -0.25) is 9.59 Å². The van der Waals surface area contributed by atoms with Crippen LogP contribution in [0.1, 0.15) is 19.8 Å². The van der Waals surface area contributed by atoms with E-state index in [1.165, 1.54) is 47.3 Å². The zero-order valence-electron chi connectivity index (χ0n) is 17.0. The fourth-order valence-electron chi connectivity index (χ4n) is 3.25. The van der Waals surface area contributed by atoms with Crippen LogP contribution in [0, 0.1) is 5.82 Å². The number of nitrogens with one attached hydrogen (secondary N) is 2. The van der Waals surface area contributed by atoms with Gasteiger partial charge in [-0.1, -0.05) is 0 Å². The molecule has 10 heteroatoms. The highest BCUT2D eigenvalue weighted by Gasteiger charge is 2.29. The molecule has 1 fully saturated rings. The van der Waals surface area contributed by atoms with E-state index < -0.39 is 10.0 Å². The first-order valence-corrected chi connectivity index (χ1v) is 12.2. The van der Waals surface area contributed by atoms with Crippen molar-refractivity contribution in [2.45, 2.75) is 35.6 Å². The number of hydrogen-bond donors (Lipinski definition) is 2. The highest BCUT2D eigenvalue weighted by molar-refractivity contribution is 8.00. The van der Waals surface area contributed by atoms with Crippen LogP contribution in [0.4, 0.5) is 10.1 Å². The van der Waals surface area contributed by atoms with Crippen LogP contribution >= 0.6 is 11.8 Å². The summed E-state index contributed by atoms with van der Waals surface area (Å²) in [7, 11) is -3.64. The first kappa shape index (κ1) is 23.2. The number of nitrogens with zero attached hydrogens (tertiary/aromatic N) is 1. The summed E-state index contributed by atoms with van der Waals surface area (Å²) in [5.74, 6) is -0.468. The van der Waals surface area contributed by atoms with Gasteiger partial charge >= 0.3 is 0 Å². The molecule has 3 rings (SSSR count). The van der Waals surface area contributed by atoms with Crippen LogP contribution in [0.15, 0.2) is 58.3 Å². The number of amides is 2. The van der Waals surface area contributed by atoms with E-state index in [4.69, 9.17) is 0 Å². The molecule has 0 saturated carbocycles. The number of halogens is 1. The quantitative estimate of drug-likeness (QED) is 0.613. The molecule has 2 aromatic rings. The predicted octanol–water partition coefficient (Wildman–Crippen LogP) is 2.85. The highest BCUT2D eigenvalue weighted by Crippen LogP contribution is 2.23. The maximum atomic E-state index is 12.9. The average molecular weight is 466 g/mol. The molecule has 1 heterocycles. The summed E-state index contributed by atoms with van der Waals surface area (Å²) in [6.07, 6.45) is 1.05. The van der Waals surface area contributed by atoms with Crippen molar-refractivity contribution >= 4 is 39.3 Å². The molecule has 0 spiro atoms. The van der Waals surface area contributed by atoms with Crippen molar-refractivity contribution in [3.63, 3.8) is 0 Å². The molecule has 0 radical (unpaired) electrons. The molecule has 0 unspecified atom stereocenters. The number of carbonyl (C=O) groups is 2. The lowest BCUT2D eigenvalue weighted by atomic mass is 10.1. The number of benzene rings is 2. The largest absolute Gasteiger partial charge is 0.353 e. The lowest BCUT2D eigenvalue weighted by Gasteiger charge is -2.31. The van der Waals surface area contributed by atoms with Crippen molar-refractivity contribution in [3.05, 3.63) is 54.3 Å². The molecule has 0 bridgehead atoms. The fraction of sp³-hybridized carbons (Fsp3) is 0.333. The monoisotopic (exact) mass is 465 g/mol. The summed E-state index contributed by atoms with van der Waals surface area (Å²) in [5.41, 5.74) is 0.534. The van der Waals surface area contributed by atoms with Crippen LogP contribution in [-0.2, 0) is 19.6 Å². The topological polar surface area (TPSA) is 95.6 Å². The second kappa shape index (κ2) is 10.3. The first-order chi connectivity index (χ1) is 14.7. The molecular weight excluding hydrogens is 441 g/mol. The third kappa shape index (κ3) is 6.52.